The Hall–Kier alpha value is -1.24. The molecule has 0 aliphatic carbocycles. The van der Waals surface area contributed by atoms with Gasteiger partial charge in [0, 0.05) is 5.02 Å². The van der Waals surface area contributed by atoms with Crippen LogP contribution in [0.2, 0.25) is 10.0 Å². The Kier molecular flexibility index (Phi) is 4.91. The second-order valence-corrected chi connectivity index (χ2v) is 6.23. The summed E-state index contributed by atoms with van der Waals surface area (Å²) in [5.41, 5.74) is 0.527. The molecule has 0 spiro atoms. The summed E-state index contributed by atoms with van der Waals surface area (Å²) in [5, 5.41) is 10.6. The third-order valence-corrected chi connectivity index (χ3v) is 3.93. The molecule has 1 amide bonds. The SMILES string of the molecule is Cc1nc(SC(C)C(=O)Nc2ccc(Cl)cc2Cl)n[nH]1. The molecule has 0 aliphatic rings. The van der Waals surface area contributed by atoms with E-state index in [2.05, 4.69) is 20.5 Å². The van der Waals surface area contributed by atoms with Crippen LogP contribution in [0.25, 0.3) is 0 Å². The molecular weight excluding hydrogens is 319 g/mol. The topological polar surface area (TPSA) is 70.7 Å². The third-order valence-electron chi connectivity index (χ3n) is 2.42. The number of aryl methyl sites for hydroxylation is 1. The minimum Gasteiger partial charge on any atom is -0.324 e. The van der Waals surface area contributed by atoms with Gasteiger partial charge in [0.25, 0.3) is 0 Å². The van der Waals surface area contributed by atoms with Crippen LogP contribution >= 0.6 is 35.0 Å². The summed E-state index contributed by atoms with van der Waals surface area (Å²) in [5.74, 6) is 0.530. The van der Waals surface area contributed by atoms with E-state index in [9.17, 15) is 4.79 Å². The summed E-state index contributed by atoms with van der Waals surface area (Å²) in [6, 6.07) is 4.91. The van der Waals surface area contributed by atoms with E-state index in [4.69, 9.17) is 23.2 Å². The monoisotopic (exact) mass is 330 g/mol. The van der Waals surface area contributed by atoms with Crippen LogP contribution in [0.3, 0.4) is 0 Å². The van der Waals surface area contributed by atoms with Crippen molar-refractivity contribution in [2.45, 2.75) is 24.3 Å². The maximum atomic E-state index is 12.1. The fourth-order valence-corrected chi connectivity index (χ4v) is 2.64. The van der Waals surface area contributed by atoms with Crippen molar-refractivity contribution in [2.24, 2.45) is 0 Å². The summed E-state index contributed by atoms with van der Waals surface area (Å²) in [7, 11) is 0. The molecule has 106 valence electrons. The summed E-state index contributed by atoms with van der Waals surface area (Å²) >= 11 is 13.1. The normalized spacial score (nSPS) is 12.2. The second-order valence-electron chi connectivity index (χ2n) is 4.08. The molecule has 0 fully saturated rings. The molecule has 1 atom stereocenters. The standard InChI is InChI=1S/C12H12Cl2N4OS/c1-6(20-12-15-7(2)17-18-12)11(19)16-10-4-3-8(13)5-9(10)14/h3-6H,1-2H3,(H,16,19)(H,15,17,18). The van der Waals surface area contributed by atoms with Gasteiger partial charge in [-0.05, 0) is 32.0 Å². The number of hydrogen-bond donors (Lipinski definition) is 2. The van der Waals surface area contributed by atoms with E-state index >= 15 is 0 Å². The third kappa shape index (κ3) is 3.88. The van der Waals surface area contributed by atoms with Gasteiger partial charge in [-0.1, -0.05) is 35.0 Å². The minimum atomic E-state index is -0.350. The molecule has 1 unspecified atom stereocenters. The average Bonchev–Trinajstić information content (AvgIpc) is 2.78. The van der Waals surface area contributed by atoms with Gasteiger partial charge >= 0.3 is 0 Å². The highest BCUT2D eigenvalue weighted by Crippen LogP contribution is 2.27. The number of nitrogens with one attached hydrogen (secondary N) is 2. The zero-order valence-corrected chi connectivity index (χ0v) is 13.1. The number of carbonyl (C=O) groups excluding carboxylic acids is 1. The first-order chi connectivity index (χ1) is 9.45. The number of rotatable bonds is 4. The van der Waals surface area contributed by atoms with E-state index in [1.165, 1.54) is 11.8 Å². The highest BCUT2D eigenvalue weighted by Gasteiger charge is 2.17. The van der Waals surface area contributed by atoms with Crippen LogP contribution in [0.1, 0.15) is 12.7 Å². The molecule has 5 nitrogen and oxygen atoms in total. The lowest BCUT2D eigenvalue weighted by atomic mass is 10.3. The van der Waals surface area contributed by atoms with Crippen molar-refractivity contribution >= 4 is 46.6 Å². The van der Waals surface area contributed by atoms with Crippen LogP contribution in [0.5, 0.6) is 0 Å². The van der Waals surface area contributed by atoms with Crippen LogP contribution in [0.15, 0.2) is 23.4 Å². The number of hydrogen-bond acceptors (Lipinski definition) is 4. The predicted octanol–water partition coefficient (Wildman–Crippen LogP) is 3.54. The molecule has 2 aromatic rings. The van der Waals surface area contributed by atoms with Crippen LogP contribution in [0.4, 0.5) is 5.69 Å². The van der Waals surface area contributed by atoms with E-state index in [1.807, 2.05) is 0 Å². The van der Waals surface area contributed by atoms with Crippen molar-refractivity contribution in [3.8, 4) is 0 Å². The quantitative estimate of drug-likeness (QED) is 0.841. The van der Waals surface area contributed by atoms with E-state index in [-0.39, 0.29) is 11.2 Å². The van der Waals surface area contributed by atoms with Gasteiger partial charge in [-0.25, -0.2) is 4.98 Å². The lowest BCUT2D eigenvalue weighted by molar-refractivity contribution is -0.115. The first-order valence-electron chi connectivity index (χ1n) is 5.77. The maximum Gasteiger partial charge on any atom is 0.237 e. The first kappa shape index (κ1) is 15.2. The number of aromatic amines is 1. The molecule has 8 heteroatoms. The van der Waals surface area contributed by atoms with Gasteiger partial charge in [-0.15, -0.1) is 5.10 Å². The van der Waals surface area contributed by atoms with Crippen LogP contribution < -0.4 is 5.32 Å². The summed E-state index contributed by atoms with van der Waals surface area (Å²) in [4.78, 5) is 16.2. The number of halogens is 2. The summed E-state index contributed by atoms with van der Waals surface area (Å²) in [6.45, 7) is 3.57. The van der Waals surface area contributed by atoms with Crippen LogP contribution in [-0.4, -0.2) is 26.3 Å². The van der Waals surface area contributed by atoms with Crippen molar-refractivity contribution in [3.63, 3.8) is 0 Å². The number of anilines is 1. The number of aromatic nitrogens is 3. The van der Waals surface area contributed by atoms with Crippen LogP contribution in [-0.2, 0) is 4.79 Å². The molecule has 2 N–H and O–H groups in total. The number of nitrogens with zero attached hydrogens (tertiary/aromatic N) is 2. The van der Waals surface area contributed by atoms with Crippen molar-refractivity contribution in [1.82, 2.24) is 15.2 Å². The van der Waals surface area contributed by atoms with Crippen LogP contribution in [0, 0.1) is 6.92 Å². The highest BCUT2D eigenvalue weighted by atomic mass is 35.5. The number of carbonyl (C=O) groups is 1. The van der Waals surface area contributed by atoms with Gasteiger partial charge in [0.15, 0.2) is 0 Å². The number of amides is 1. The van der Waals surface area contributed by atoms with Gasteiger partial charge in [-0.3, -0.25) is 9.89 Å². The predicted molar refractivity (Wildman–Crippen MR) is 81.5 cm³/mol. The molecule has 1 heterocycles. The fraction of sp³-hybridized carbons (Fsp3) is 0.250. The van der Waals surface area contributed by atoms with Gasteiger partial charge in [0.1, 0.15) is 5.82 Å². The highest BCUT2D eigenvalue weighted by molar-refractivity contribution is 8.00. The van der Waals surface area contributed by atoms with E-state index in [0.717, 1.165) is 0 Å². The Labute approximate surface area is 130 Å². The Morgan fingerprint density at radius 2 is 2.20 bits per heavy atom. The first-order valence-corrected chi connectivity index (χ1v) is 7.41. The molecule has 1 aromatic carbocycles. The van der Waals surface area contributed by atoms with E-state index in [0.29, 0.717) is 26.7 Å². The Balaban J connectivity index is 2.00. The molecule has 0 aliphatic heterocycles. The molecule has 20 heavy (non-hydrogen) atoms. The van der Waals surface area contributed by atoms with E-state index < -0.39 is 0 Å². The lowest BCUT2D eigenvalue weighted by Crippen LogP contribution is -2.22. The number of H-pyrrole nitrogens is 1. The van der Waals surface area contributed by atoms with Crippen molar-refractivity contribution in [3.05, 3.63) is 34.1 Å². The molecule has 0 saturated heterocycles. The second kappa shape index (κ2) is 6.47. The smallest absolute Gasteiger partial charge is 0.237 e. The Morgan fingerprint density at radius 1 is 1.45 bits per heavy atom. The zero-order chi connectivity index (χ0) is 14.7. The summed E-state index contributed by atoms with van der Waals surface area (Å²) in [6.07, 6.45) is 0. The molecule has 2 rings (SSSR count). The Bertz CT molecular complexity index is 632. The average molecular weight is 331 g/mol. The number of thioether (sulfide) groups is 1. The van der Waals surface area contributed by atoms with Gasteiger partial charge < -0.3 is 5.32 Å². The van der Waals surface area contributed by atoms with Gasteiger partial charge in [0.05, 0.1) is 16.0 Å². The number of benzene rings is 1. The molecule has 0 saturated carbocycles. The van der Waals surface area contributed by atoms with Crippen molar-refractivity contribution in [1.29, 1.82) is 0 Å². The molecule has 0 bridgehead atoms. The van der Waals surface area contributed by atoms with Crippen molar-refractivity contribution < 1.29 is 4.79 Å². The molecule has 0 radical (unpaired) electrons. The van der Waals surface area contributed by atoms with Gasteiger partial charge in [0.2, 0.25) is 11.1 Å². The maximum absolute atomic E-state index is 12.1. The fourth-order valence-electron chi connectivity index (χ4n) is 1.41. The largest absolute Gasteiger partial charge is 0.324 e. The van der Waals surface area contributed by atoms with Gasteiger partial charge in [-0.2, -0.15) is 0 Å². The molecule has 1 aromatic heterocycles. The van der Waals surface area contributed by atoms with Crippen molar-refractivity contribution in [2.75, 3.05) is 5.32 Å². The summed E-state index contributed by atoms with van der Waals surface area (Å²) < 4.78 is 0. The van der Waals surface area contributed by atoms with E-state index in [1.54, 1.807) is 32.0 Å². The zero-order valence-electron chi connectivity index (χ0n) is 10.8. The minimum absolute atomic E-state index is 0.179. The Morgan fingerprint density at radius 3 is 2.80 bits per heavy atom. The lowest BCUT2D eigenvalue weighted by Gasteiger charge is -2.11. The molecular formula is C12H12Cl2N4OS.